The Kier molecular flexibility index (Phi) is 4.31. The van der Waals surface area contributed by atoms with Crippen LogP contribution in [0.15, 0.2) is 24.3 Å². The number of amides is 2. The number of carbonyl (C=O) groups excluding carboxylic acids is 1. The molecule has 0 unspecified atom stereocenters. The normalized spacial score (nSPS) is 15.9. The lowest BCUT2D eigenvalue weighted by molar-refractivity contribution is 0.156. The maximum Gasteiger partial charge on any atom is 0.322 e. The number of para-hydroxylation sites is 1. The van der Waals surface area contributed by atoms with E-state index in [1.807, 2.05) is 4.90 Å². The molecule has 1 aliphatic heterocycles. The molecule has 0 saturated carbocycles. The largest absolute Gasteiger partial charge is 0.322 e. The summed E-state index contributed by atoms with van der Waals surface area (Å²) in [4.78, 5) is 15.6. The summed E-state index contributed by atoms with van der Waals surface area (Å²) >= 11 is 0. The molecule has 0 aliphatic carbocycles. The highest BCUT2D eigenvalue weighted by Gasteiger charge is 2.21. The molecule has 1 heterocycles. The fourth-order valence-electron chi connectivity index (χ4n) is 1.97. The van der Waals surface area contributed by atoms with Crippen LogP contribution in [-0.2, 0) is 0 Å². The number of nitrogens with one attached hydrogen (secondary N) is 1. The molecule has 0 spiro atoms. The Bertz CT molecular complexity index is 492. The first-order valence-electron chi connectivity index (χ1n) is 6.10. The van der Waals surface area contributed by atoms with E-state index in [9.17, 15) is 9.18 Å². The number of benzene rings is 1. The SMILES string of the molecule is N#CCN1CCN(C(=O)Nc2ccccc2F)CC1. The smallest absolute Gasteiger partial charge is 0.322 e. The summed E-state index contributed by atoms with van der Waals surface area (Å²) in [6, 6.07) is 7.86. The lowest BCUT2D eigenvalue weighted by atomic mass is 10.3. The van der Waals surface area contributed by atoms with Crippen LogP contribution in [0.3, 0.4) is 0 Å². The molecular formula is C13H15FN4O. The summed E-state index contributed by atoms with van der Waals surface area (Å²) in [6.07, 6.45) is 0. The number of nitriles is 1. The Labute approximate surface area is 111 Å². The third-order valence-electron chi connectivity index (χ3n) is 3.07. The second-order valence-electron chi connectivity index (χ2n) is 4.33. The van der Waals surface area contributed by atoms with E-state index in [1.165, 1.54) is 12.1 Å². The lowest BCUT2D eigenvalue weighted by Gasteiger charge is -2.33. The Morgan fingerprint density at radius 2 is 2.00 bits per heavy atom. The highest BCUT2D eigenvalue weighted by molar-refractivity contribution is 5.89. The van der Waals surface area contributed by atoms with Gasteiger partial charge in [0.2, 0.25) is 0 Å². The standard InChI is InChI=1S/C13H15FN4O/c14-11-3-1-2-4-12(11)16-13(19)18-9-7-17(6-5-15)8-10-18/h1-4H,6-10H2,(H,16,19). The Morgan fingerprint density at radius 1 is 1.32 bits per heavy atom. The quantitative estimate of drug-likeness (QED) is 0.822. The van der Waals surface area contributed by atoms with Crippen molar-refractivity contribution in [1.82, 2.24) is 9.80 Å². The molecule has 1 N–H and O–H groups in total. The molecule has 0 radical (unpaired) electrons. The molecule has 1 aromatic carbocycles. The van der Waals surface area contributed by atoms with E-state index in [0.29, 0.717) is 32.7 Å². The molecule has 2 amide bonds. The van der Waals surface area contributed by atoms with Gasteiger partial charge in [0.25, 0.3) is 0 Å². The zero-order valence-electron chi connectivity index (χ0n) is 10.5. The van der Waals surface area contributed by atoms with Gasteiger partial charge in [0.1, 0.15) is 5.82 Å². The predicted octanol–water partition coefficient (Wildman–Crippen LogP) is 1.50. The fourth-order valence-corrected chi connectivity index (χ4v) is 1.97. The van der Waals surface area contributed by atoms with E-state index in [4.69, 9.17) is 5.26 Å². The molecule has 5 nitrogen and oxygen atoms in total. The van der Waals surface area contributed by atoms with E-state index in [0.717, 1.165) is 0 Å². The molecule has 1 aliphatic rings. The van der Waals surface area contributed by atoms with Crippen molar-refractivity contribution in [2.75, 3.05) is 38.0 Å². The van der Waals surface area contributed by atoms with Crippen LogP contribution in [0.2, 0.25) is 0 Å². The second-order valence-corrected chi connectivity index (χ2v) is 4.33. The van der Waals surface area contributed by atoms with Crippen molar-refractivity contribution in [3.8, 4) is 6.07 Å². The van der Waals surface area contributed by atoms with Crippen molar-refractivity contribution in [3.63, 3.8) is 0 Å². The van der Waals surface area contributed by atoms with Crippen LogP contribution in [0.25, 0.3) is 0 Å². The van der Waals surface area contributed by atoms with Crippen molar-refractivity contribution in [3.05, 3.63) is 30.1 Å². The molecule has 0 bridgehead atoms. The second kappa shape index (κ2) is 6.16. The van der Waals surface area contributed by atoms with Gasteiger partial charge in [0.05, 0.1) is 18.3 Å². The first kappa shape index (κ1) is 13.3. The van der Waals surface area contributed by atoms with Crippen molar-refractivity contribution < 1.29 is 9.18 Å². The van der Waals surface area contributed by atoms with Crippen LogP contribution in [-0.4, -0.2) is 48.6 Å². The van der Waals surface area contributed by atoms with Gasteiger partial charge < -0.3 is 10.2 Å². The van der Waals surface area contributed by atoms with Crippen LogP contribution in [0.5, 0.6) is 0 Å². The zero-order chi connectivity index (χ0) is 13.7. The minimum Gasteiger partial charge on any atom is -0.322 e. The van der Waals surface area contributed by atoms with Gasteiger partial charge >= 0.3 is 6.03 Å². The maximum atomic E-state index is 13.4. The molecule has 1 fully saturated rings. The monoisotopic (exact) mass is 262 g/mol. The van der Waals surface area contributed by atoms with E-state index in [-0.39, 0.29) is 11.7 Å². The van der Waals surface area contributed by atoms with Crippen molar-refractivity contribution >= 4 is 11.7 Å². The number of nitrogens with zero attached hydrogens (tertiary/aromatic N) is 3. The summed E-state index contributed by atoms with van der Waals surface area (Å²) in [5, 5.41) is 11.1. The summed E-state index contributed by atoms with van der Waals surface area (Å²) in [6.45, 7) is 2.79. The van der Waals surface area contributed by atoms with Gasteiger partial charge in [-0.3, -0.25) is 4.90 Å². The highest BCUT2D eigenvalue weighted by atomic mass is 19.1. The summed E-state index contributed by atoms with van der Waals surface area (Å²) in [7, 11) is 0. The average Bonchev–Trinajstić information content (AvgIpc) is 2.42. The summed E-state index contributed by atoms with van der Waals surface area (Å²) < 4.78 is 13.4. The Hall–Kier alpha value is -2.13. The number of urea groups is 1. The molecule has 0 aromatic heterocycles. The van der Waals surface area contributed by atoms with Crippen LogP contribution in [0.4, 0.5) is 14.9 Å². The molecule has 1 aromatic rings. The number of piperazine rings is 1. The van der Waals surface area contributed by atoms with Crippen molar-refractivity contribution in [2.45, 2.75) is 0 Å². The fraction of sp³-hybridized carbons (Fsp3) is 0.385. The number of anilines is 1. The third-order valence-corrected chi connectivity index (χ3v) is 3.07. The number of carbonyl (C=O) groups is 1. The minimum absolute atomic E-state index is 0.187. The van der Waals surface area contributed by atoms with Gasteiger partial charge in [0, 0.05) is 26.2 Å². The van der Waals surface area contributed by atoms with Crippen molar-refractivity contribution in [1.29, 1.82) is 5.26 Å². The molecule has 6 heteroatoms. The lowest BCUT2D eigenvalue weighted by Crippen LogP contribution is -2.50. The molecule has 0 atom stereocenters. The predicted molar refractivity (Wildman–Crippen MR) is 69.0 cm³/mol. The number of rotatable bonds is 2. The molecule has 100 valence electrons. The number of hydrogen-bond acceptors (Lipinski definition) is 3. The van der Waals surface area contributed by atoms with E-state index >= 15 is 0 Å². The maximum absolute atomic E-state index is 13.4. The molecule has 1 saturated heterocycles. The summed E-state index contributed by atoms with van der Waals surface area (Å²) in [5.41, 5.74) is 0.187. The van der Waals surface area contributed by atoms with Gasteiger partial charge in [-0.25, -0.2) is 9.18 Å². The Balaban J connectivity index is 1.89. The average molecular weight is 262 g/mol. The summed E-state index contributed by atoms with van der Waals surface area (Å²) in [5.74, 6) is -0.445. The van der Waals surface area contributed by atoms with E-state index < -0.39 is 5.82 Å². The highest BCUT2D eigenvalue weighted by Crippen LogP contribution is 2.13. The van der Waals surface area contributed by atoms with E-state index in [2.05, 4.69) is 11.4 Å². The number of hydrogen-bond donors (Lipinski definition) is 1. The van der Waals surface area contributed by atoms with Crippen LogP contribution >= 0.6 is 0 Å². The van der Waals surface area contributed by atoms with Gasteiger partial charge in [-0.1, -0.05) is 12.1 Å². The molecular weight excluding hydrogens is 247 g/mol. The van der Waals surface area contributed by atoms with Crippen LogP contribution < -0.4 is 5.32 Å². The third kappa shape index (κ3) is 3.42. The van der Waals surface area contributed by atoms with Gasteiger partial charge in [-0.05, 0) is 12.1 Å². The molecule has 2 rings (SSSR count). The molecule has 19 heavy (non-hydrogen) atoms. The topological polar surface area (TPSA) is 59.4 Å². The van der Waals surface area contributed by atoms with Crippen molar-refractivity contribution in [2.24, 2.45) is 0 Å². The first-order valence-corrected chi connectivity index (χ1v) is 6.10. The van der Waals surface area contributed by atoms with E-state index in [1.54, 1.807) is 17.0 Å². The number of halogens is 1. The Morgan fingerprint density at radius 3 is 2.63 bits per heavy atom. The van der Waals surface area contributed by atoms with Crippen LogP contribution in [0, 0.1) is 17.1 Å². The van der Waals surface area contributed by atoms with Gasteiger partial charge in [-0.15, -0.1) is 0 Å². The van der Waals surface area contributed by atoms with Gasteiger partial charge in [-0.2, -0.15) is 5.26 Å². The van der Waals surface area contributed by atoms with Crippen LogP contribution in [0.1, 0.15) is 0 Å². The van der Waals surface area contributed by atoms with Gasteiger partial charge in [0.15, 0.2) is 0 Å². The minimum atomic E-state index is -0.445. The zero-order valence-corrected chi connectivity index (χ0v) is 10.5. The first-order chi connectivity index (χ1) is 9.20.